The molecule has 2 rings (SSSR count). The van der Waals surface area contributed by atoms with Crippen molar-refractivity contribution >= 4 is 20.1 Å². The van der Waals surface area contributed by atoms with E-state index in [1.165, 1.54) is 0 Å². The van der Waals surface area contributed by atoms with Gasteiger partial charge in [0.05, 0.1) is 16.7 Å². The van der Waals surface area contributed by atoms with Gasteiger partial charge in [-0.25, -0.2) is 4.98 Å². The van der Waals surface area contributed by atoms with Gasteiger partial charge in [-0.3, -0.25) is 4.98 Å². The topological polar surface area (TPSA) is 107 Å². The van der Waals surface area contributed by atoms with Gasteiger partial charge in [0.25, 0.3) is 0 Å². The third kappa shape index (κ3) is 8.67. The van der Waals surface area contributed by atoms with Crippen LogP contribution in [0.1, 0.15) is 5.69 Å². The van der Waals surface area contributed by atoms with E-state index in [9.17, 15) is 0 Å². The van der Waals surface area contributed by atoms with Gasteiger partial charge < -0.3 is 26.6 Å². The van der Waals surface area contributed by atoms with Crippen LogP contribution in [0.4, 0.5) is 0 Å². The van der Waals surface area contributed by atoms with Crippen molar-refractivity contribution in [1.82, 2.24) is 9.97 Å². The van der Waals surface area contributed by atoms with Crippen LogP contribution in [0.2, 0.25) is 0 Å². The second-order valence-corrected chi connectivity index (χ2v) is 4.30. The summed E-state index contributed by atoms with van der Waals surface area (Å²) in [7, 11) is -4.61. The number of nitrogens with zero attached hydrogens (tertiary/aromatic N) is 2. The van der Waals surface area contributed by atoms with E-state index in [4.69, 9.17) is 19.2 Å². The van der Waals surface area contributed by atoms with E-state index in [1.807, 2.05) is 31.2 Å². The molecule has 0 saturated heterocycles. The van der Waals surface area contributed by atoms with E-state index in [1.54, 1.807) is 6.20 Å². The van der Waals surface area contributed by atoms with Crippen LogP contribution in [0.3, 0.4) is 0 Å². The van der Waals surface area contributed by atoms with Crippen LogP contribution in [0.15, 0.2) is 30.5 Å². The second-order valence-electron chi connectivity index (χ2n) is 3.10. The normalized spacial score (nSPS) is 9.61. The Bertz CT molecular complexity index is 473. The van der Waals surface area contributed by atoms with Gasteiger partial charge in [-0.2, -0.15) is 0 Å². The van der Waals surface area contributed by atoms with Gasteiger partial charge in [0.2, 0.25) is 0 Å². The van der Waals surface area contributed by atoms with Crippen molar-refractivity contribution in [1.29, 1.82) is 0 Å². The summed E-state index contributed by atoms with van der Waals surface area (Å²) in [6.07, 6.45) is 1.78. The number of aryl methyl sites for hydroxylation is 1. The Hall–Kier alpha value is -0.383. The van der Waals surface area contributed by atoms with Gasteiger partial charge in [0.15, 0.2) is 0 Å². The molecule has 0 bridgehead atoms. The maximum atomic E-state index is 7.33. The largest absolute Gasteiger partial charge is 1.00 e. The summed E-state index contributed by atoms with van der Waals surface area (Å²) < 4.78 is 0. The van der Waals surface area contributed by atoms with Crippen LogP contribution in [-0.4, -0.2) is 38.2 Å². The zero-order valence-corrected chi connectivity index (χ0v) is 13.6. The molecule has 1 aromatic carbocycles. The predicted molar refractivity (Wildman–Crippen MR) is 65.3 cm³/mol. The van der Waals surface area contributed by atoms with E-state index >= 15 is 0 Å². The zero-order valence-electron chi connectivity index (χ0n) is 10.6. The molecule has 94 valence electrons. The predicted octanol–water partition coefficient (Wildman–Crippen LogP) is -3.22. The van der Waals surface area contributed by atoms with Crippen LogP contribution >= 0.6 is 0 Å². The molecule has 2 aromatic rings. The Morgan fingerprint density at radius 3 is 1.94 bits per heavy atom. The molecular formula is C10H15N2NaO4Si. The quantitative estimate of drug-likeness (QED) is 0.298. The summed E-state index contributed by atoms with van der Waals surface area (Å²) >= 11 is 0. The molecule has 0 atom stereocenters. The van der Waals surface area contributed by atoms with E-state index in [0.29, 0.717) is 0 Å². The van der Waals surface area contributed by atoms with E-state index in [2.05, 4.69) is 9.97 Å². The minimum Gasteiger partial charge on any atom is -0.368 e. The van der Waals surface area contributed by atoms with Crippen LogP contribution in [0.25, 0.3) is 11.0 Å². The molecule has 18 heavy (non-hydrogen) atoms. The molecule has 0 aliphatic heterocycles. The molecular weight excluding hydrogens is 263 g/mol. The minimum atomic E-state index is -4.61. The number of hydrogen-bond acceptors (Lipinski definition) is 6. The van der Waals surface area contributed by atoms with Crippen molar-refractivity contribution in [2.45, 2.75) is 6.92 Å². The number of benzene rings is 1. The molecule has 0 unspecified atom stereocenters. The summed E-state index contributed by atoms with van der Waals surface area (Å²) in [6.45, 7) is 1.94. The Morgan fingerprint density at radius 2 is 1.44 bits per heavy atom. The Balaban J connectivity index is 0. The van der Waals surface area contributed by atoms with Gasteiger partial charge in [0, 0.05) is 6.20 Å². The van der Waals surface area contributed by atoms with Gasteiger partial charge >= 0.3 is 38.6 Å². The van der Waals surface area contributed by atoms with Crippen molar-refractivity contribution < 1.29 is 48.7 Å². The first-order chi connectivity index (χ1) is 7.36. The summed E-state index contributed by atoms with van der Waals surface area (Å²) in [5, 5.41) is 0. The molecule has 0 aliphatic carbocycles. The fourth-order valence-electron chi connectivity index (χ4n) is 1.05. The maximum absolute atomic E-state index is 7.33. The summed E-state index contributed by atoms with van der Waals surface area (Å²) in [4.78, 5) is 37.8. The standard InChI is InChI=1S/C9H8N2.CH3.Na.H4O4Si/c1-7-6-10-8-4-2-3-5-9(8)11-7;;;1-5(2,3)4/h2-6H,1H3;1H3;;1-4H/q;-1;+1;. The van der Waals surface area contributed by atoms with Crippen LogP contribution in [0, 0.1) is 14.4 Å². The first kappa shape index (κ1) is 19.9. The summed E-state index contributed by atoms with van der Waals surface area (Å²) in [6, 6.07) is 7.86. The van der Waals surface area contributed by atoms with Crippen LogP contribution in [-0.2, 0) is 0 Å². The zero-order chi connectivity index (χ0) is 12.2. The molecule has 8 heteroatoms. The minimum absolute atomic E-state index is 0. The number of fused-ring (bicyclic) bond motifs is 1. The van der Waals surface area contributed by atoms with Gasteiger partial charge in [-0.1, -0.05) is 12.1 Å². The maximum Gasteiger partial charge on any atom is 1.00 e. The monoisotopic (exact) mass is 278 g/mol. The summed E-state index contributed by atoms with van der Waals surface area (Å²) in [5.41, 5.74) is 2.88. The summed E-state index contributed by atoms with van der Waals surface area (Å²) in [5.74, 6) is 0. The Morgan fingerprint density at radius 1 is 1.00 bits per heavy atom. The fraction of sp³-hybridized carbons (Fsp3) is 0.100. The van der Waals surface area contributed by atoms with Crippen molar-refractivity contribution in [3.8, 4) is 0 Å². The third-order valence-electron chi connectivity index (χ3n) is 1.57. The van der Waals surface area contributed by atoms with Gasteiger partial charge in [-0.05, 0) is 19.1 Å². The molecule has 0 amide bonds. The third-order valence-corrected chi connectivity index (χ3v) is 1.57. The van der Waals surface area contributed by atoms with Gasteiger partial charge in [0.1, 0.15) is 0 Å². The molecule has 1 aromatic heterocycles. The van der Waals surface area contributed by atoms with Crippen molar-refractivity contribution in [3.63, 3.8) is 0 Å². The molecule has 0 radical (unpaired) electrons. The first-order valence-corrected chi connectivity index (χ1v) is 6.23. The Labute approximate surface area is 129 Å². The average molecular weight is 278 g/mol. The average Bonchev–Trinajstić information content (AvgIpc) is 2.15. The van der Waals surface area contributed by atoms with Gasteiger partial charge in [-0.15, -0.1) is 0 Å². The van der Waals surface area contributed by atoms with Crippen molar-refractivity contribution in [2.24, 2.45) is 0 Å². The number of rotatable bonds is 0. The van der Waals surface area contributed by atoms with Crippen molar-refractivity contribution in [3.05, 3.63) is 43.6 Å². The van der Waals surface area contributed by atoms with Crippen molar-refractivity contribution in [2.75, 3.05) is 0 Å². The van der Waals surface area contributed by atoms with Crippen LogP contribution < -0.4 is 29.6 Å². The SMILES string of the molecule is Cc1cnc2ccccc2n1.O[Si](O)(O)O.[CH3-].[Na+]. The Kier molecular flexibility index (Phi) is 9.61. The van der Waals surface area contributed by atoms with E-state index in [0.717, 1.165) is 16.7 Å². The number of aromatic nitrogens is 2. The molecule has 4 N–H and O–H groups in total. The van der Waals surface area contributed by atoms with E-state index in [-0.39, 0.29) is 37.0 Å². The second kappa shape index (κ2) is 8.67. The molecule has 0 saturated carbocycles. The van der Waals surface area contributed by atoms with Crippen LogP contribution in [0.5, 0.6) is 0 Å². The molecule has 0 spiro atoms. The smallest absolute Gasteiger partial charge is 0.368 e. The fourth-order valence-corrected chi connectivity index (χ4v) is 1.05. The number of para-hydroxylation sites is 2. The number of hydrogen-bond donors (Lipinski definition) is 4. The molecule has 6 nitrogen and oxygen atoms in total. The first-order valence-electron chi connectivity index (χ1n) is 4.44. The molecule has 1 heterocycles. The van der Waals surface area contributed by atoms with E-state index < -0.39 is 9.05 Å². The molecule has 0 aliphatic rings. The molecule has 0 fully saturated rings.